The molecular formula is C17H21NO3S. The second kappa shape index (κ2) is 6.94. The van der Waals surface area contributed by atoms with Crippen LogP contribution in [0, 0.1) is 6.92 Å². The van der Waals surface area contributed by atoms with Crippen molar-refractivity contribution in [1.29, 1.82) is 0 Å². The summed E-state index contributed by atoms with van der Waals surface area (Å²) in [5.41, 5.74) is 2.66. The fraction of sp³-hybridized carbons (Fsp3) is 0.294. The molecule has 0 atom stereocenters. The van der Waals surface area contributed by atoms with Crippen LogP contribution in [0.25, 0.3) is 0 Å². The molecule has 0 spiro atoms. The first kappa shape index (κ1) is 16.5. The molecule has 0 fully saturated rings. The minimum atomic E-state index is -3.38. The molecule has 0 aliphatic heterocycles. The fourth-order valence-corrected chi connectivity index (χ4v) is 3.52. The van der Waals surface area contributed by atoms with E-state index in [0.29, 0.717) is 5.75 Å². The van der Waals surface area contributed by atoms with Crippen LogP contribution in [0.15, 0.2) is 48.5 Å². The highest BCUT2D eigenvalue weighted by Crippen LogP contribution is 2.21. The van der Waals surface area contributed by atoms with Crippen molar-refractivity contribution in [2.24, 2.45) is 0 Å². The fourth-order valence-electron chi connectivity index (χ4n) is 2.25. The Morgan fingerprint density at radius 3 is 2.23 bits per heavy atom. The smallest absolute Gasteiger partial charge is 0.218 e. The molecule has 0 bridgehead atoms. The standard InChI is InChI=1S/C17H21NO3S/c1-14-8-4-5-10-16(14)13-22(19,20)18(2)12-15-9-6-7-11-17(15)21-3/h4-11H,12-13H2,1-3H3. The highest BCUT2D eigenvalue weighted by atomic mass is 32.2. The molecule has 0 unspecified atom stereocenters. The monoisotopic (exact) mass is 319 g/mol. The lowest BCUT2D eigenvalue weighted by molar-refractivity contribution is 0.398. The average Bonchev–Trinajstić information content (AvgIpc) is 2.50. The van der Waals surface area contributed by atoms with E-state index >= 15 is 0 Å². The first-order valence-corrected chi connectivity index (χ1v) is 8.65. The predicted molar refractivity (Wildman–Crippen MR) is 88.3 cm³/mol. The van der Waals surface area contributed by atoms with Gasteiger partial charge in [0.25, 0.3) is 0 Å². The van der Waals surface area contributed by atoms with Gasteiger partial charge in [-0.05, 0) is 24.1 Å². The Labute approximate surface area is 132 Å². The number of benzene rings is 2. The van der Waals surface area contributed by atoms with Gasteiger partial charge in [-0.2, -0.15) is 0 Å². The van der Waals surface area contributed by atoms with E-state index in [1.165, 1.54) is 4.31 Å². The molecule has 0 heterocycles. The van der Waals surface area contributed by atoms with Gasteiger partial charge in [0.15, 0.2) is 0 Å². The Bertz CT molecular complexity index is 741. The SMILES string of the molecule is COc1ccccc1CN(C)S(=O)(=O)Cc1ccccc1C. The van der Waals surface area contributed by atoms with Gasteiger partial charge in [-0.15, -0.1) is 0 Å². The van der Waals surface area contributed by atoms with Crippen molar-refractivity contribution in [1.82, 2.24) is 4.31 Å². The van der Waals surface area contributed by atoms with E-state index in [4.69, 9.17) is 4.74 Å². The predicted octanol–water partition coefficient (Wildman–Crippen LogP) is 2.97. The number of aryl methyl sites for hydroxylation is 1. The molecule has 4 nitrogen and oxygen atoms in total. The largest absolute Gasteiger partial charge is 0.496 e. The van der Waals surface area contributed by atoms with E-state index in [0.717, 1.165) is 16.7 Å². The number of methoxy groups -OCH3 is 1. The van der Waals surface area contributed by atoms with Crippen molar-refractivity contribution in [2.45, 2.75) is 19.2 Å². The maximum absolute atomic E-state index is 12.5. The summed E-state index contributed by atoms with van der Waals surface area (Å²) < 4.78 is 31.7. The third-order valence-corrected chi connectivity index (χ3v) is 5.41. The van der Waals surface area contributed by atoms with Crippen molar-refractivity contribution < 1.29 is 13.2 Å². The molecule has 0 amide bonds. The van der Waals surface area contributed by atoms with Crippen LogP contribution in [0.5, 0.6) is 5.75 Å². The van der Waals surface area contributed by atoms with Crippen LogP contribution in [0.3, 0.4) is 0 Å². The van der Waals surface area contributed by atoms with Crippen molar-refractivity contribution in [3.63, 3.8) is 0 Å². The molecule has 2 aromatic rings. The van der Waals surface area contributed by atoms with Gasteiger partial charge in [-0.25, -0.2) is 12.7 Å². The van der Waals surface area contributed by atoms with Crippen LogP contribution < -0.4 is 4.74 Å². The summed E-state index contributed by atoms with van der Waals surface area (Å²) in [6.07, 6.45) is 0. The molecule has 0 radical (unpaired) electrons. The summed E-state index contributed by atoms with van der Waals surface area (Å²) in [7, 11) is -0.200. The molecule has 0 aliphatic rings. The minimum Gasteiger partial charge on any atom is -0.496 e. The normalized spacial score (nSPS) is 11.6. The molecule has 22 heavy (non-hydrogen) atoms. The van der Waals surface area contributed by atoms with Gasteiger partial charge >= 0.3 is 0 Å². The first-order chi connectivity index (χ1) is 10.4. The maximum Gasteiger partial charge on any atom is 0.218 e. The quantitative estimate of drug-likeness (QED) is 0.822. The number of rotatable bonds is 6. The lowest BCUT2D eigenvalue weighted by Gasteiger charge is -2.19. The second-order valence-corrected chi connectivity index (χ2v) is 7.33. The van der Waals surface area contributed by atoms with E-state index < -0.39 is 10.0 Å². The molecule has 0 saturated carbocycles. The van der Waals surface area contributed by atoms with Crippen LogP contribution in [-0.2, 0) is 22.3 Å². The molecule has 2 rings (SSSR count). The van der Waals surface area contributed by atoms with Gasteiger partial charge in [0.2, 0.25) is 10.0 Å². The molecule has 2 aromatic carbocycles. The molecule has 0 saturated heterocycles. The number of nitrogens with zero attached hydrogens (tertiary/aromatic N) is 1. The Morgan fingerprint density at radius 1 is 1.00 bits per heavy atom. The Hall–Kier alpha value is -1.85. The van der Waals surface area contributed by atoms with Gasteiger partial charge in [0.05, 0.1) is 12.9 Å². The van der Waals surface area contributed by atoms with E-state index in [2.05, 4.69) is 0 Å². The average molecular weight is 319 g/mol. The summed E-state index contributed by atoms with van der Waals surface area (Å²) in [5.74, 6) is 0.700. The van der Waals surface area contributed by atoms with Crippen molar-refractivity contribution in [3.05, 3.63) is 65.2 Å². The van der Waals surface area contributed by atoms with Crippen LogP contribution in [0.4, 0.5) is 0 Å². The molecular weight excluding hydrogens is 298 g/mol. The minimum absolute atomic E-state index is 0.00528. The Morgan fingerprint density at radius 2 is 1.59 bits per heavy atom. The van der Waals surface area contributed by atoms with Gasteiger partial charge in [-0.1, -0.05) is 42.5 Å². The lowest BCUT2D eigenvalue weighted by Crippen LogP contribution is -2.28. The lowest BCUT2D eigenvalue weighted by atomic mass is 10.1. The topological polar surface area (TPSA) is 46.6 Å². The molecule has 0 aromatic heterocycles. The van der Waals surface area contributed by atoms with Crippen molar-refractivity contribution >= 4 is 10.0 Å². The number of sulfonamides is 1. The third kappa shape index (κ3) is 3.87. The molecule has 0 aliphatic carbocycles. The number of ether oxygens (including phenoxy) is 1. The van der Waals surface area contributed by atoms with Gasteiger partial charge in [-0.3, -0.25) is 0 Å². The zero-order valence-corrected chi connectivity index (χ0v) is 13.9. The molecule has 118 valence electrons. The van der Waals surface area contributed by atoms with E-state index in [9.17, 15) is 8.42 Å². The van der Waals surface area contributed by atoms with E-state index in [-0.39, 0.29) is 12.3 Å². The third-order valence-electron chi connectivity index (χ3n) is 3.66. The van der Waals surface area contributed by atoms with Crippen LogP contribution in [-0.4, -0.2) is 26.9 Å². The summed E-state index contributed by atoms with van der Waals surface area (Å²) in [4.78, 5) is 0. The first-order valence-electron chi connectivity index (χ1n) is 7.04. The van der Waals surface area contributed by atoms with Gasteiger partial charge in [0, 0.05) is 19.2 Å². The van der Waals surface area contributed by atoms with Gasteiger partial charge in [0.1, 0.15) is 5.75 Å². The van der Waals surface area contributed by atoms with Crippen molar-refractivity contribution in [2.75, 3.05) is 14.2 Å². The Kier molecular flexibility index (Phi) is 5.21. The van der Waals surface area contributed by atoms with E-state index in [1.807, 2.05) is 55.5 Å². The highest BCUT2D eigenvalue weighted by molar-refractivity contribution is 7.88. The molecule has 0 N–H and O–H groups in total. The maximum atomic E-state index is 12.5. The van der Waals surface area contributed by atoms with Gasteiger partial charge < -0.3 is 4.74 Å². The Balaban J connectivity index is 2.17. The van der Waals surface area contributed by atoms with Crippen molar-refractivity contribution in [3.8, 4) is 5.75 Å². The summed E-state index contributed by atoms with van der Waals surface area (Å²) in [5, 5.41) is 0. The van der Waals surface area contributed by atoms with E-state index in [1.54, 1.807) is 14.2 Å². The summed E-state index contributed by atoms with van der Waals surface area (Å²) >= 11 is 0. The number of hydrogen-bond donors (Lipinski definition) is 0. The summed E-state index contributed by atoms with van der Waals surface area (Å²) in [6, 6.07) is 15.0. The van der Waals surface area contributed by atoms with Crippen LogP contribution in [0.1, 0.15) is 16.7 Å². The van der Waals surface area contributed by atoms with Crippen LogP contribution in [0.2, 0.25) is 0 Å². The van der Waals surface area contributed by atoms with Crippen LogP contribution >= 0.6 is 0 Å². The molecule has 5 heteroatoms. The highest BCUT2D eigenvalue weighted by Gasteiger charge is 2.20. The number of hydrogen-bond acceptors (Lipinski definition) is 3. The number of para-hydroxylation sites is 1. The zero-order valence-electron chi connectivity index (χ0n) is 13.1. The summed E-state index contributed by atoms with van der Waals surface area (Å²) in [6.45, 7) is 2.21. The zero-order chi connectivity index (χ0) is 16.2. The second-order valence-electron chi connectivity index (χ2n) is 5.25.